The molecule has 188 valence electrons. The van der Waals surface area contributed by atoms with Gasteiger partial charge in [-0.05, 0) is 35.9 Å². The monoisotopic (exact) mass is 555 g/mol. The number of ether oxygens (including phenoxy) is 2. The Labute approximate surface area is 226 Å². The molecule has 4 aromatic rings. The number of nitro benzene ring substituents is 1. The number of rotatable bonds is 9. The molecule has 1 N–H and O–H groups in total. The Hall–Kier alpha value is -3.92. The van der Waals surface area contributed by atoms with Gasteiger partial charge in [-0.25, -0.2) is 4.98 Å². The van der Waals surface area contributed by atoms with Crippen LogP contribution in [0.4, 0.5) is 10.8 Å². The average molecular weight is 556 g/mol. The van der Waals surface area contributed by atoms with E-state index in [1.807, 2.05) is 0 Å². The molecule has 4 rings (SSSR count). The number of benzene rings is 3. The summed E-state index contributed by atoms with van der Waals surface area (Å²) >= 11 is 13.6. The SMILES string of the molecule is COc1cc(/C=C/C(=O)Nc2nc(-c3cccc([N+](=O)[O-])c3)cs2)ccc1OCc1c(Cl)cccc1Cl. The Morgan fingerprint density at radius 2 is 1.86 bits per heavy atom. The molecule has 1 amide bonds. The van der Waals surface area contributed by atoms with Crippen molar-refractivity contribution in [3.8, 4) is 22.8 Å². The largest absolute Gasteiger partial charge is 0.493 e. The van der Waals surface area contributed by atoms with Crippen LogP contribution in [0, 0.1) is 10.1 Å². The zero-order chi connectivity index (χ0) is 26.4. The van der Waals surface area contributed by atoms with Gasteiger partial charge in [-0.15, -0.1) is 11.3 Å². The van der Waals surface area contributed by atoms with Gasteiger partial charge < -0.3 is 9.47 Å². The van der Waals surface area contributed by atoms with Crippen LogP contribution in [0.25, 0.3) is 17.3 Å². The second-order valence-corrected chi connectivity index (χ2v) is 9.24. The number of aromatic nitrogens is 1. The lowest BCUT2D eigenvalue weighted by molar-refractivity contribution is -0.384. The predicted molar refractivity (Wildman–Crippen MR) is 146 cm³/mol. The van der Waals surface area contributed by atoms with Gasteiger partial charge in [-0.1, -0.05) is 47.5 Å². The average Bonchev–Trinajstić information content (AvgIpc) is 3.36. The fraction of sp³-hybridized carbons (Fsp3) is 0.0769. The summed E-state index contributed by atoms with van der Waals surface area (Å²) in [5.41, 5.74) is 2.48. The maximum Gasteiger partial charge on any atom is 0.270 e. The molecule has 0 saturated heterocycles. The Bertz CT molecular complexity index is 1470. The quantitative estimate of drug-likeness (QED) is 0.132. The number of amides is 1. The smallest absolute Gasteiger partial charge is 0.270 e. The molecule has 0 bridgehead atoms. The number of carbonyl (C=O) groups is 1. The van der Waals surface area contributed by atoms with Gasteiger partial charge in [0.25, 0.3) is 5.69 Å². The first kappa shape index (κ1) is 26.2. The minimum absolute atomic E-state index is 0.0291. The van der Waals surface area contributed by atoms with Crippen molar-refractivity contribution in [2.45, 2.75) is 6.61 Å². The van der Waals surface area contributed by atoms with Gasteiger partial charge in [0, 0.05) is 44.8 Å². The van der Waals surface area contributed by atoms with E-state index < -0.39 is 4.92 Å². The molecule has 0 aliphatic carbocycles. The van der Waals surface area contributed by atoms with Gasteiger partial charge in [0.15, 0.2) is 16.6 Å². The molecule has 0 spiro atoms. The van der Waals surface area contributed by atoms with Gasteiger partial charge in [0.05, 0.1) is 17.7 Å². The van der Waals surface area contributed by atoms with E-state index in [9.17, 15) is 14.9 Å². The highest BCUT2D eigenvalue weighted by atomic mass is 35.5. The number of nitrogens with one attached hydrogen (secondary N) is 1. The first-order valence-corrected chi connectivity index (χ1v) is 12.4. The third-order valence-corrected chi connectivity index (χ3v) is 6.60. The fourth-order valence-corrected chi connectivity index (χ4v) is 4.52. The van der Waals surface area contributed by atoms with E-state index in [0.29, 0.717) is 49.1 Å². The van der Waals surface area contributed by atoms with E-state index in [-0.39, 0.29) is 18.2 Å². The van der Waals surface area contributed by atoms with Gasteiger partial charge in [-0.2, -0.15) is 0 Å². The van der Waals surface area contributed by atoms with Gasteiger partial charge >= 0.3 is 0 Å². The molecule has 0 fully saturated rings. The normalized spacial score (nSPS) is 10.9. The van der Waals surface area contributed by atoms with Crippen LogP contribution in [0.3, 0.4) is 0 Å². The van der Waals surface area contributed by atoms with Crippen LogP contribution in [0.2, 0.25) is 10.0 Å². The number of anilines is 1. The Kier molecular flexibility index (Phi) is 8.39. The maximum absolute atomic E-state index is 12.4. The summed E-state index contributed by atoms with van der Waals surface area (Å²) in [5, 5.41) is 16.8. The number of methoxy groups -OCH3 is 1. The summed E-state index contributed by atoms with van der Waals surface area (Å²) in [6.45, 7) is 0.165. The van der Waals surface area contributed by atoms with Crippen LogP contribution >= 0.6 is 34.5 Å². The van der Waals surface area contributed by atoms with E-state index in [1.54, 1.807) is 60.0 Å². The first-order chi connectivity index (χ1) is 17.8. The van der Waals surface area contributed by atoms with Crippen molar-refractivity contribution < 1.29 is 19.2 Å². The van der Waals surface area contributed by atoms with Crippen molar-refractivity contribution in [1.82, 2.24) is 4.98 Å². The number of halogens is 2. The zero-order valence-electron chi connectivity index (χ0n) is 19.3. The van der Waals surface area contributed by atoms with Crippen LogP contribution < -0.4 is 14.8 Å². The summed E-state index contributed by atoms with van der Waals surface area (Å²) in [4.78, 5) is 27.3. The van der Waals surface area contributed by atoms with Crippen LogP contribution in [-0.2, 0) is 11.4 Å². The summed E-state index contributed by atoms with van der Waals surface area (Å²) in [6, 6.07) is 16.6. The van der Waals surface area contributed by atoms with Gasteiger partial charge in [-0.3, -0.25) is 20.2 Å². The highest BCUT2D eigenvalue weighted by Crippen LogP contribution is 2.32. The fourth-order valence-electron chi connectivity index (χ4n) is 3.29. The molecule has 0 aliphatic rings. The lowest BCUT2D eigenvalue weighted by Crippen LogP contribution is -2.07. The lowest BCUT2D eigenvalue weighted by atomic mass is 10.1. The second kappa shape index (κ2) is 11.9. The van der Waals surface area contributed by atoms with Crippen LogP contribution in [0.1, 0.15) is 11.1 Å². The predicted octanol–water partition coefficient (Wildman–Crippen LogP) is 7.26. The zero-order valence-corrected chi connectivity index (χ0v) is 21.6. The summed E-state index contributed by atoms with van der Waals surface area (Å²) < 4.78 is 11.3. The molecular weight excluding hydrogens is 537 g/mol. The number of hydrogen-bond acceptors (Lipinski definition) is 7. The highest BCUT2D eigenvalue weighted by Gasteiger charge is 2.12. The Balaban J connectivity index is 1.39. The highest BCUT2D eigenvalue weighted by molar-refractivity contribution is 7.14. The maximum atomic E-state index is 12.4. The van der Waals surface area contributed by atoms with Gasteiger partial charge in [0.2, 0.25) is 5.91 Å². The third-order valence-electron chi connectivity index (χ3n) is 5.14. The topological polar surface area (TPSA) is 104 Å². The molecule has 0 aliphatic heterocycles. The lowest BCUT2D eigenvalue weighted by Gasteiger charge is -2.13. The minimum Gasteiger partial charge on any atom is -0.493 e. The summed E-state index contributed by atoms with van der Waals surface area (Å²) in [7, 11) is 1.52. The molecule has 1 heterocycles. The summed E-state index contributed by atoms with van der Waals surface area (Å²) in [6.07, 6.45) is 2.99. The number of hydrogen-bond donors (Lipinski definition) is 1. The standard InChI is InChI=1S/C26H19Cl2N3O5S/c1-35-24-12-16(8-10-23(24)36-14-19-20(27)6-3-7-21(19)28)9-11-25(32)30-26-29-22(15-37-26)17-4-2-5-18(13-17)31(33)34/h2-13,15H,14H2,1H3,(H,29,30,32)/b11-9+. The molecule has 0 saturated carbocycles. The number of nitrogens with zero attached hydrogens (tertiary/aromatic N) is 2. The van der Waals surface area contributed by atoms with Crippen molar-refractivity contribution in [2.24, 2.45) is 0 Å². The number of nitro groups is 1. The molecule has 11 heteroatoms. The van der Waals surface area contributed by atoms with Crippen molar-refractivity contribution in [3.63, 3.8) is 0 Å². The summed E-state index contributed by atoms with van der Waals surface area (Å²) in [5.74, 6) is 0.594. The van der Waals surface area contributed by atoms with Gasteiger partial charge in [0.1, 0.15) is 6.61 Å². The molecule has 0 unspecified atom stereocenters. The number of carbonyl (C=O) groups excluding carboxylic acids is 1. The third kappa shape index (κ3) is 6.65. The molecule has 37 heavy (non-hydrogen) atoms. The molecular formula is C26H19Cl2N3O5S. The molecule has 8 nitrogen and oxygen atoms in total. The molecule has 0 atom stereocenters. The van der Waals surface area contributed by atoms with E-state index in [0.717, 1.165) is 0 Å². The van der Waals surface area contributed by atoms with E-state index in [4.69, 9.17) is 32.7 Å². The second-order valence-electron chi connectivity index (χ2n) is 7.57. The van der Waals surface area contributed by atoms with Crippen LogP contribution in [-0.4, -0.2) is 22.9 Å². The van der Waals surface area contributed by atoms with Crippen molar-refractivity contribution in [3.05, 3.63) is 103 Å². The molecule has 1 aromatic heterocycles. The number of non-ortho nitro benzene ring substituents is 1. The Morgan fingerprint density at radius 3 is 2.59 bits per heavy atom. The van der Waals surface area contributed by atoms with E-state index in [1.165, 1.54) is 36.7 Å². The molecule has 0 radical (unpaired) electrons. The van der Waals surface area contributed by atoms with Crippen LogP contribution in [0.15, 0.2) is 72.1 Å². The van der Waals surface area contributed by atoms with E-state index in [2.05, 4.69) is 10.3 Å². The minimum atomic E-state index is -0.467. The van der Waals surface area contributed by atoms with Crippen molar-refractivity contribution in [2.75, 3.05) is 12.4 Å². The molecule has 3 aromatic carbocycles. The Morgan fingerprint density at radius 1 is 1.11 bits per heavy atom. The van der Waals surface area contributed by atoms with Crippen molar-refractivity contribution >= 4 is 57.3 Å². The van der Waals surface area contributed by atoms with E-state index >= 15 is 0 Å². The first-order valence-electron chi connectivity index (χ1n) is 10.8. The van der Waals surface area contributed by atoms with Crippen LogP contribution in [0.5, 0.6) is 11.5 Å². The number of thiazole rings is 1. The van der Waals surface area contributed by atoms with Crippen molar-refractivity contribution in [1.29, 1.82) is 0 Å².